The average molecular weight is 229 g/mol. The van der Waals surface area contributed by atoms with E-state index < -0.39 is 0 Å². The normalized spacial score (nSPS) is 17.9. The molecular weight excluding hydrogens is 218 g/mol. The molecule has 0 unspecified atom stereocenters. The van der Waals surface area contributed by atoms with Crippen LogP contribution in [-0.2, 0) is 0 Å². The Hall–Kier alpha value is -0.620. The van der Waals surface area contributed by atoms with Crippen molar-refractivity contribution in [3.63, 3.8) is 0 Å². The maximum atomic E-state index is 11.9. The third kappa shape index (κ3) is 2.24. The summed E-state index contributed by atoms with van der Waals surface area (Å²) >= 11 is 0. The molecule has 0 radical (unpaired) electrons. The van der Waals surface area contributed by atoms with Crippen LogP contribution in [-0.4, -0.2) is 45.6 Å². The summed E-state index contributed by atoms with van der Waals surface area (Å²) < 4.78 is 0. The summed E-state index contributed by atoms with van der Waals surface area (Å²) in [6, 6.07) is 0. The molecule has 4 nitrogen and oxygen atoms in total. The van der Waals surface area contributed by atoms with E-state index in [0.717, 1.165) is 24.6 Å². The van der Waals surface area contributed by atoms with E-state index in [1.165, 1.54) is 0 Å². The third-order valence-electron chi connectivity index (χ3n) is 2.00. The average Bonchev–Trinajstić information content (AvgIpc) is 2.59. The van der Waals surface area contributed by atoms with Crippen LogP contribution in [0.3, 0.4) is 0 Å². The molecule has 2 heterocycles. The van der Waals surface area contributed by atoms with Crippen molar-refractivity contribution in [2.75, 3.05) is 24.6 Å². The van der Waals surface area contributed by atoms with Gasteiger partial charge < -0.3 is 4.90 Å². The van der Waals surface area contributed by atoms with Crippen molar-refractivity contribution < 1.29 is 4.79 Å². The maximum absolute atomic E-state index is 11.9. The van der Waals surface area contributed by atoms with Gasteiger partial charge in [-0.25, -0.2) is 0 Å². The molecule has 1 fully saturated rings. The molecule has 76 valence electrons. The zero-order valence-corrected chi connectivity index (χ0v) is 9.24. The summed E-state index contributed by atoms with van der Waals surface area (Å²) in [5.41, 5.74) is 0.655. The van der Waals surface area contributed by atoms with Crippen molar-refractivity contribution >= 4 is 27.5 Å². The molecule has 1 aliphatic heterocycles. The number of hydrogen-bond acceptors (Lipinski definition) is 4. The molecule has 0 atom stereocenters. The highest BCUT2D eigenvalue weighted by Gasteiger charge is 2.17. The first kappa shape index (κ1) is 9.92. The number of rotatable bonds is 1. The second kappa shape index (κ2) is 4.75. The minimum absolute atomic E-state index is 0.0850. The number of amides is 1. The first-order chi connectivity index (χ1) is 6.88. The Morgan fingerprint density at radius 1 is 1.43 bits per heavy atom. The number of carbonyl (C=O) groups excluding carboxylic acids is 1. The van der Waals surface area contributed by atoms with Crippen LogP contribution in [0.5, 0.6) is 0 Å². The van der Waals surface area contributed by atoms with Gasteiger partial charge in [0.15, 0.2) is 0 Å². The van der Waals surface area contributed by atoms with Gasteiger partial charge in [-0.2, -0.15) is 5.10 Å². The van der Waals surface area contributed by atoms with Crippen molar-refractivity contribution in [2.45, 2.75) is 0 Å². The molecule has 1 saturated heterocycles. The minimum Gasteiger partial charge on any atom is -0.337 e. The van der Waals surface area contributed by atoms with Gasteiger partial charge in [0.1, 0.15) is 0 Å². The van der Waals surface area contributed by atoms with Crippen molar-refractivity contribution in [1.82, 2.24) is 15.1 Å². The Balaban J connectivity index is 2.03. The first-order valence-corrected chi connectivity index (χ1v) is 6.89. The predicted octanol–water partition coefficient (Wildman–Crippen LogP) is 1.25. The summed E-state index contributed by atoms with van der Waals surface area (Å²) in [6.45, 7) is 1.67. The van der Waals surface area contributed by atoms with E-state index in [0.29, 0.717) is 5.56 Å². The second-order valence-electron chi connectivity index (χ2n) is 2.92. The summed E-state index contributed by atoms with van der Waals surface area (Å²) in [7, 11) is 3.67. The Kier molecular flexibility index (Phi) is 3.36. The number of nitrogens with one attached hydrogen (secondary N) is 1. The van der Waals surface area contributed by atoms with E-state index in [4.69, 9.17) is 0 Å². The number of hydrogen-bond donors (Lipinski definition) is 1. The molecule has 1 amide bonds. The lowest BCUT2D eigenvalue weighted by atomic mass is 10.3. The fraction of sp³-hybridized carbons (Fsp3) is 0.500. The highest BCUT2D eigenvalue weighted by molar-refractivity contribution is 8.76. The molecule has 6 heteroatoms. The topological polar surface area (TPSA) is 49.0 Å². The highest BCUT2D eigenvalue weighted by Crippen LogP contribution is 2.24. The van der Waals surface area contributed by atoms with E-state index in [1.807, 2.05) is 26.5 Å². The second-order valence-corrected chi connectivity index (χ2v) is 5.63. The molecule has 0 bridgehead atoms. The minimum atomic E-state index is 0.0850. The molecule has 1 aromatic heterocycles. The van der Waals surface area contributed by atoms with Gasteiger partial charge in [-0.3, -0.25) is 9.89 Å². The zero-order valence-electron chi connectivity index (χ0n) is 7.60. The van der Waals surface area contributed by atoms with E-state index in [2.05, 4.69) is 10.2 Å². The Morgan fingerprint density at radius 2 is 2.14 bits per heavy atom. The van der Waals surface area contributed by atoms with E-state index in [1.54, 1.807) is 12.4 Å². The smallest absolute Gasteiger partial charge is 0.257 e. The molecule has 14 heavy (non-hydrogen) atoms. The van der Waals surface area contributed by atoms with E-state index in [-0.39, 0.29) is 5.91 Å². The number of aromatic nitrogens is 2. The molecule has 1 aromatic rings. The van der Waals surface area contributed by atoms with Gasteiger partial charge in [-0.05, 0) is 0 Å². The quantitative estimate of drug-likeness (QED) is 0.736. The lowest BCUT2D eigenvalue weighted by molar-refractivity contribution is 0.0777. The van der Waals surface area contributed by atoms with Gasteiger partial charge in [0.2, 0.25) is 0 Å². The number of H-pyrrole nitrogens is 1. The fourth-order valence-corrected chi connectivity index (χ4v) is 3.26. The summed E-state index contributed by atoms with van der Waals surface area (Å²) in [5.74, 6) is 2.10. The third-order valence-corrected chi connectivity index (χ3v) is 4.37. The van der Waals surface area contributed by atoms with Crippen LogP contribution in [0.25, 0.3) is 0 Å². The van der Waals surface area contributed by atoms with Gasteiger partial charge in [-0.1, -0.05) is 21.6 Å². The summed E-state index contributed by atoms with van der Waals surface area (Å²) in [5, 5.41) is 6.44. The van der Waals surface area contributed by atoms with Crippen LogP contribution in [0.4, 0.5) is 0 Å². The summed E-state index contributed by atoms with van der Waals surface area (Å²) in [4.78, 5) is 13.7. The molecule has 1 N–H and O–H groups in total. The monoisotopic (exact) mass is 229 g/mol. The van der Waals surface area contributed by atoms with Gasteiger partial charge in [0, 0.05) is 30.8 Å². The van der Waals surface area contributed by atoms with Crippen LogP contribution in [0, 0.1) is 0 Å². The van der Waals surface area contributed by atoms with Crippen molar-refractivity contribution in [1.29, 1.82) is 0 Å². The molecule has 0 spiro atoms. The molecule has 0 aliphatic carbocycles. The molecule has 0 aromatic carbocycles. The standard InChI is InChI=1S/C8H11N3OS2/c12-8(7-5-9-10-6-7)11-1-3-13-14-4-2-11/h5-6H,1-4H2,(H,9,10). The van der Waals surface area contributed by atoms with Crippen molar-refractivity contribution in [3.8, 4) is 0 Å². The van der Waals surface area contributed by atoms with Crippen molar-refractivity contribution in [2.24, 2.45) is 0 Å². The Labute approximate surface area is 90.2 Å². The van der Waals surface area contributed by atoms with Crippen LogP contribution in [0.1, 0.15) is 10.4 Å². The maximum Gasteiger partial charge on any atom is 0.257 e. The van der Waals surface area contributed by atoms with E-state index >= 15 is 0 Å². The number of nitrogens with zero attached hydrogens (tertiary/aromatic N) is 2. The fourth-order valence-electron chi connectivity index (χ4n) is 1.28. The lowest BCUT2D eigenvalue weighted by Gasteiger charge is -2.18. The van der Waals surface area contributed by atoms with Crippen LogP contribution in [0.15, 0.2) is 12.4 Å². The zero-order chi connectivity index (χ0) is 9.80. The summed E-state index contributed by atoms with van der Waals surface area (Å²) in [6.07, 6.45) is 3.22. The van der Waals surface area contributed by atoms with Gasteiger partial charge in [-0.15, -0.1) is 0 Å². The molecule has 2 rings (SSSR count). The SMILES string of the molecule is O=C(c1cn[nH]c1)N1CCSSCC1. The molecule has 0 saturated carbocycles. The van der Waals surface area contributed by atoms with Crippen LogP contribution < -0.4 is 0 Å². The molecule has 1 aliphatic rings. The van der Waals surface area contributed by atoms with E-state index in [9.17, 15) is 4.79 Å². The Bertz CT molecular complexity index is 294. The van der Waals surface area contributed by atoms with Gasteiger partial charge >= 0.3 is 0 Å². The number of carbonyl (C=O) groups is 1. The van der Waals surface area contributed by atoms with Gasteiger partial charge in [0.05, 0.1) is 11.8 Å². The highest BCUT2D eigenvalue weighted by atomic mass is 33.1. The van der Waals surface area contributed by atoms with Crippen LogP contribution in [0.2, 0.25) is 0 Å². The largest absolute Gasteiger partial charge is 0.337 e. The Morgan fingerprint density at radius 3 is 2.71 bits per heavy atom. The lowest BCUT2D eigenvalue weighted by Crippen LogP contribution is -2.33. The van der Waals surface area contributed by atoms with Crippen molar-refractivity contribution in [3.05, 3.63) is 18.0 Å². The van der Waals surface area contributed by atoms with Crippen LogP contribution >= 0.6 is 21.6 Å². The predicted molar refractivity (Wildman–Crippen MR) is 59.4 cm³/mol. The molecular formula is C8H11N3OS2. The number of aromatic amines is 1. The van der Waals surface area contributed by atoms with Gasteiger partial charge in [0.25, 0.3) is 5.91 Å². The first-order valence-electron chi connectivity index (χ1n) is 4.40.